The molecule has 0 aliphatic carbocycles. The van der Waals surface area contributed by atoms with Crippen LogP contribution in [-0.2, 0) is 6.42 Å². The van der Waals surface area contributed by atoms with Gasteiger partial charge in [0.25, 0.3) is 0 Å². The molecule has 1 aliphatic heterocycles. The van der Waals surface area contributed by atoms with Gasteiger partial charge in [0.1, 0.15) is 5.82 Å². The van der Waals surface area contributed by atoms with Crippen molar-refractivity contribution in [1.29, 1.82) is 0 Å². The quantitative estimate of drug-likeness (QED) is 0.277. The predicted molar refractivity (Wildman–Crippen MR) is 135 cm³/mol. The van der Waals surface area contributed by atoms with Gasteiger partial charge in [-0.2, -0.15) is 0 Å². The molecule has 3 heterocycles. The van der Waals surface area contributed by atoms with E-state index >= 15 is 0 Å². The van der Waals surface area contributed by atoms with Gasteiger partial charge in [-0.1, -0.05) is 47.5 Å². The largest absolute Gasteiger partial charge is 0.325 e. The molecule has 160 valence electrons. The van der Waals surface area contributed by atoms with Crippen molar-refractivity contribution in [3.8, 4) is 22.5 Å². The van der Waals surface area contributed by atoms with Crippen LogP contribution in [0.3, 0.4) is 0 Å². The summed E-state index contributed by atoms with van der Waals surface area (Å²) in [6.45, 7) is 0.834. The average Bonchev–Trinajstić information content (AvgIpc) is 3.26. The van der Waals surface area contributed by atoms with Gasteiger partial charge in [0, 0.05) is 51.2 Å². The number of anilines is 2. The van der Waals surface area contributed by atoms with E-state index in [2.05, 4.69) is 34.1 Å². The van der Waals surface area contributed by atoms with E-state index in [1.807, 2.05) is 48.5 Å². The lowest BCUT2D eigenvalue weighted by Crippen LogP contribution is -2.16. The fourth-order valence-corrected chi connectivity index (χ4v) is 4.84. The molecule has 33 heavy (non-hydrogen) atoms. The fraction of sp³-hybridized carbons (Fsp3) is 0.0741. The first-order chi connectivity index (χ1) is 16.2. The Bertz CT molecular complexity index is 1500. The van der Waals surface area contributed by atoms with Crippen LogP contribution in [0.4, 0.5) is 11.5 Å². The number of aromatic nitrogens is 3. The van der Waals surface area contributed by atoms with Crippen LogP contribution in [0.25, 0.3) is 33.4 Å². The summed E-state index contributed by atoms with van der Waals surface area (Å²) in [6, 6.07) is 24.0. The highest BCUT2D eigenvalue weighted by atomic mass is 35.5. The fourth-order valence-electron chi connectivity index (χ4n) is 4.40. The third kappa shape index (κ3) is 3.62. The van der Waals surface area contributed by atoms with E-state index < -0.39 is 0 Å². The number of hydrogen-bond donors (Lipinski definition) is 0. The highest BCUT2D eigenvalue weighted by Gasteiger charge is 2.24. The van der Waals surface area contributed by atoms with Crippen LogP contribution in [-0.4, -0.2) is 21.5 Å². The van der Waals surface area contributed by atoms with Crippen molar-refractivity contribution in [1.82, 2.24) is 15.0 Å². The molecule has 5 aromatic rings. The van der Waals surface area contributed by atoms with Gasteiger partial charge in [-0.15, -0.1) is 0 Å². The zero-order chi connectivity index (χ0) is 22.4. The number of pyridine rings is 1. The first-order valence-electron chi connectivity index (χ1n) is 10.7. The summed E-state index contributed by atoms with van der Waals surface area (Å²) in [5.74, 6) is 1.52. The molecular formula is C27H18Cl2N4. The summed E-state index contributed by atoms with van der Waals surface area (Å²) >= 11 is 12.7. The Labute approximate surface area is 201 Å². The van der Waals surface area contributed by atoms with Crippen LogP contribution >= 0.6 is 23.2 Å². The van der Waals surface area contributed by atoms with Crippen molar-refractivity contribution in [3.63, 3.8) is 0 Å². The second-order valence-electron chi connectivity index (χ2n) is 8.00. The molecule has 0 saturated heterocycles. The molecule has 0 N–H and O–H groups in total. The molecule has 0 atom stereocenters. The summed E-state index contributed by atoms with van der Waals surface area (Å²) < 4.78 is 0. The highest BCUT2D eigenvalue weighted by Crippen LogP contribution is 2.40. The van der Waals surface area contributed by atoms with Crippen molar-refractivity contribution in [3.05, 3.63) is 101 Å². The summed E-state index contributed by atoms with van der Waals surface area (Å²) in [5, 5.41) is 2.45. The first kappa shape index (κ1) is 20.2. The maximum atomic E-state index is 6.48. The zero-order valence-electron chi connectivity index (χ0n) is 17.5. The van der Waals surface area contributed by atoms with E-state index in [9.17, 15) is 0 Å². The minimum Gasteiger partial charge on any atom is -0.325 e. The summed E-state index contributed by atoms with van der Waals surface area (Å²) in [7, 11) is 0. The van der Waals surface area contributed by atoms with E-state index in [0.29, 0.717) is 10.8 Å². The van der Waals surface area contributed by atoms with Crippen LogP contribution in [0, 0.1) is 0 Å². The Morgan fingerprint density at radius 3 is 2.58 bits per heavy atom. The number of benzene rings is 3. The van der Waals surface area contributed by atoms with E-state index in [0.717, 1.165) is 57.1 Å². The average molecular weight is 469 g/mol. The van der Waals surface area contributed by atoms with Gasteiger partial charge in [0.2, 0.25) is 0 Å². The maximum absolute atomic E-state index is 6.48. The van der Waals surface area contributed by atoms with Gasteiger partial charge in [-0.05, 0) is 66.1 Å². The standard InChI is InChI=1S/C27H18Cl2N4/c28-20-8-10-25-18(14-20)11-13-33(25)27-22-9-7-17(21-5-1-2-6-23(21)29)15-24(22)31-26(32-27)19-4-3-12-30-16-19/h1-10,12,14-16H,11,13H2. The molecule has 6 heteroatoms. The van der Waals surface area contributed by atoms with Crippen LogP contribution in [0.5, 0.6) is 0 Å². The zero-order valence-corrected chi connectivity index (χ0v) is 19.1. The van der Waals surface area contributed by atoms with Crippen molar-refractivity contribution >= 4 is 45.6 Å². The molecule has 0 fully saturated rings. The minimum absolute atomic E-state index is 0.643. The van der Waals surface area contributed by atoms with Crippen LogP contribution < -0.4 is 4.90 Å². The summed E-state index contributed by atoms with van der Waals surface area (Å²) in [5.41, 5.74) is 6.09. The SMILES string of the molecule is Clc1ccc2c(c1)CCN2c1nc(-c2cccnc2)nc2cc(-c3ccccc3Cl)ccc12. The van der Waals surface area contributed by atoms with E-state index in [-0.39, 0.29) is 0 Å². The molecule has 4 nitrogen and oxygen atoms in total. The Balaban J connectivity index is 1.58. The molecular weight excluding hydrogens is 451 g/mol. The molecule has 0 radical (unpaired) electrons. The van der Waals surface area contributed by atoms with E-state index in [1.165, 1.54) is 5.56 Å². The molecule has 0 bridgehead atoms. The number of nitrogens with zero attached hydrogens (tertiary/aromatic N) is 4. The van der Waals surface area contributed by atoms with Crippen LogP contribution in [0.2, 0.25) is 10.0 Å². The predicted octanol–water partition coefficient (Wildman–Crippen LogP) is 7.36. The van der Waals surface area contributed by atoms with Crippen molar-refractivity contribution in [2.45, 2.75) is 6.42 Å². The van der Waals surface area contributed by atoms with Gasteiger partial charge in [0.15, 0.2) is 5.82 Å². The number of fused-ring (bicyclic) bond motifs is 2. The van der Waals surface area contributed by atoms with Gasteiger partial charge >= 0.3 is 0 Å². The van der Waals surface area contributed by atoms with Gasteiger partial charge < -0.3 is 4.90 Å². The Hall–Kier alpha value is -3.47. The lowest BCUT2D eigenvalue weighted by Gasteiger charge is -2.21. The second-order valence-corrected chi connectivity index (χ2v) is 8.84. The molecule has 6 rings (SSSR count). The molecule has 3 aromatic carbocycles. The van der Waals surface area contributed by atoms with Crippen molar-refractivity contribution in [2.24, 2.45) is 0 Å². The third-order valence-electron chi connectivity index (χ3n) is 5.97. The van der Waals surface area contributed by atoms with Crippen LogP contribution in [0.15, 0.2) is 85.2 Å². The first-order valence-corrected chi connectivity index (χ1v) is 11.5. The number of rotatable bonds is 3. The Morgan fingerprint density at radius 1 is 0.818 bits per heavy atom. The van der Waals surface area contributed by atoms with E-state index in [4.69, 9.17) is 33.2 Å². The maximum Gasteiger partial charge on any atom is 0.163 e. The second kappa shape index (κ2) is 8.14. The number of halogens is 2. The number of hydrogen-bond acceptors (Lipinski definition) is 4. The monoisotopic (exact) mass is 468 g/mol. The normalized spacial score (nSPS) is 12.8. The molecule has 0 spiro atoms. The summed E-state index contributed by atoms with van der Waals surface area (Å²) in [4.78, 5) is 16.5. The molecule has 1 aliphatic rings. The highest BCUT2D eigenvalue weighted by molar-refractivity contribution is 6.33. The third-order valence-corrected chi connectivity index (χ3v) is 6.54. The van der Waals surface area contributed by atoms with E-state index in [1.54, 1.807) is 12.4 Å². The molecule has 2 aromatic heterocycles. The minimum atomic E-state index is 0.643. The van der Waals surface area contributed by atoms with Gasteiger partial charge in [-0.25, -0.2) is 9.97 Å². The molecule has 0 saturated carbocycles. The van der Waals surface area contributed by atoms with Crippen molar-refractivity contribution in [2.75, 3.05) is 11.4 Å². The Kier molecular flexibility index (Phi) is 4.97. The van der Waals surface area contributed by atoms with Crippen LogP contribution in [0.1, 0.15) is 5.56 Å². The topological polar surface area (TPSA) is 41.9 Å². The molecule has 0 amide bonds. The Morgan fingerprint density at radius 2 is 1.73 bits per heavy atom. The lowest BCUT2D eigenvalue weighted by molar-refractivity contribution is 0.976. The smallest absolute Gasteiger partial charge is 0.163 e. The lowest BCUT2D eigenvalue weighted by atomic mass is 10.0. The summed E-state index contributed by atoms with van der Waals surface area (Å²) in [6.07, 6.45) is 4.46. The van der Waals surface area contributed by atoms with Gasteiger partial charge in [-0.3, -0.25) is 4.98 Å². The molecule has 0 unspecified atom stereocenters. The van der Waals surface area contributed by atoms with Crippen molar-refractivity contribution < 1.29 is 0 Å². The van der Waals surface area contributed by atoms with Gasteiger partial charge in [0.05, 0.1) is 5.52 Å².